The van der Waals surface area contributed by atoms with Crippen LogP contribution >= 0.6 is 11.3 Å². The van der Waals surface area contributed by atoms with Gasteiger partial charge < -0.3 is 10.5 Å². The molecule has 1 saturated heterocycles. The quantitative estimate of drug-likeness (QED) is 0.915. The monoisotopic (exact) mass is 268 g/mol. The second-order valence-electron chi connectivity index (χ2n) is 5.83. The molecule has 0 spiro atoms. The highest BCUT2D eigenvalue weighted by molar-refractivity contribution is 7.12. The van der Waals surface area contributed by atoms with Crippen LogP contribution in [-0.4, -0.2) is 36.2 Å². The Labute approximate surface area is 114 Å². The maximum Gasteiger partial charge on any atom is 0.0753 e. The molecule has 3 nitrogen and oxygen atoms in total. The molecule has 18 heavy (non-hydrogen) atoms. The maximum absolute atomic E-state index is 6.22. The number of rotatable bonds is 3. The van der Waals surface area contributed by atoms with Crippen molar-refractivity contribution < 1.29 is 4.74 Å². The number of hydrogen-bond donors (Lipinski definition) is 1. The van der Waals surface area contributed by atoms with Crippen molar-refractivity contribution in [2.45, 2.75) is 45.4 Å². The Kier molecular flexibility index (Phi) is 4.11. The summed E-state index contributed by atoms with van der Waals surface area (Å²) >= 11 is 1.86. The lowest BCUT2D eigenvalue weighted by atomic mass is 10.0. The van der Waals surface area contributed by atoms with Gasteiger partial charge in [-0.2, -0.15) is 0 Å². The van der Waals surface area contributed by atoms with E-state index >= 15 is 0 Å². The summed E-state index contributed by atoms with van der Waals surface area (Å²) in [7, 11) is 0. The Balaban J connectivity index is 2.20. The van der Waals surface area contributed by atoms with Crippen molar-refractivity contribution in [1.29, 1.82) is 0 Å². The molecule has 1 aromatic heterocycles. The first-order valence-electron chi connectivity index (χ1n) is 6.59. The van der Waals surface area contributed by atoms with Crippen LogP contribution in [0.1, 0.15) is 36.6 Å². The topological polar surface area (TPSA) is 38.5 Å². The van der Waals surface area contributed by atoms with Gasteiger partial charge in [-0.15, -0.1) is 11.3 Å². The van der Waals surface area contributed by atoms with E-state index in [4.69, 9.17) is 10.5 Å². The second kappa shape index (κ2) is 5.29. The predicted octanol–water partition coefficient (Wildman–Crippen LogP) is 2.56. The van der Waals surface area contributed by atoms with Gasteiger partial charge in [-0.25, -0.2) is 0 Å². The van der Waals surface area contributed by atoms with E-state index in [-0.39, 0.29) is 11.6 Å². The first-order valence-corrected chi connectivity index (χ1v) is 7.41. The predicted molar refractivity (Wildman–Crippen MR) is 77.1 cm³/mol. The zero-order valence-corrected chi connectivity index (χ0v) is 12.6. The van der Waals surface area contributed by atoms with Gasteiger partial charge >= 0.3 is 0 Å². The number of nitrogens with zero attached hydrogens (tertiary/aromatic N) is 1. The van der Waals surface area contributed by atoms with Crippen LogP contribution in [0.4, 0.5) is 0 Å². The average Bonchev–Trinajstić information content (AvgIpc) is 2.63. The summed E-state index contributed by atoms with van der Waals surface area (Å²) in [5, 5.41) is 0. The molecule has 0 saturated carbocycles. The van der Waals surface area contributed by atoms with Gasteiger partial charge in [0, 0.05) is 28.9 Å². The number of aryl methyl sites for hydroxylation is 1. The van der Waals surface area contributed by atoms with Crippen LogP contribution in [0.15, 0.2) is 12.1 Å². The minimum atomic E-state index is -0.0717. The molecule has 102 valence electrons. The molecule has 0 aromatic carbocycles. The van der Waals surface area contributed by atoms with Gasteiger partial charge in [-0.1, -0.05) is 0 Å². The van der Waals surface area contributed by atoms with Crippen LogP contribution in [0.25, 0.3) is 0 Å². The summed E-state index contributed by atoms with van der Waals surface area (Å²) in [5.41, 5.74) is 6.15. The molecule has 1 fully saturated rings. The van der Waals surface area contributed by atoms with Crippen LogP contribution in [0, 0.1) is 6.92 Å². The summed E-state index contributed by atoms with van der Waals surface area (Å²) in [4.78, 5) is 5.20. The zero-order chi connectivity index (χ0) is 13.3. The molecule has 2 atom stereocenters. The van der Waals surface area contributed by atoms with Crippen molar-refractivity contribution in [1.82, 2.24) is 4.90 Å². The number of hydrogen-bond acceptors (Lipinski definition) is 4. The van der Waals surface area contributed by atoms with Gasteiger partial charge in [0.2, 0.25) is 0 Å². The minimum Gasteiger partial charge on any atom is -0.373 e. The fraction of sp³-hybridized carbons (Fsp3) is 0.714. The van der Waals surface area contributed by atoms with E-state index < -0.39 is 0 Å². The Morgan fingerprint density at radius 1 is 1.44 bits per heavy atom. The number of ether oxygens (including phenoxy) is 1. The third-order valence-corrected chi connectivity index (χ3v) is 4.47. The number of morpholine rings is 1. The Bertz CT molecular complexity index is 400. The molecule has 2 unspecified atom stereocenters. The van der Waals surface area contributed by atoms with E-state index in [1.165, 1.54) is 9.75 Å². The maximum atomic E-state index is 6.22. The van der Waals surface area contributed by atoms with Crippen LogP contribution in [0.3, 0.4) is 0 Å². The Morgan fingerprint density at radius 3 is 2.67 bits per heavy atom. The Morgan fingerprint density at radius 2 is 2.17 bits per heavy atom. The van der Waals surface area contributed by atoms with Crippen molar-refractivity contribution in [3.63, 3.8) is 0 Å². The van der Waals surface area contributed by atoms with Crippen LogP contribution in [0.2, 0.25) is 0 Å². The van der Waals surface area contributed by atoms with E-state index in [2.05, 4.69) is 44.7 Å². The summed E-state index contributed by atoms with van der Waals surface area (Å²) in [5.74, 6) is 0. The standard InChI is InChI=1S/C14H24N2OS/c1-10-5-6-12(18-10)13(11(2)15)16-7-8-17-14(3,4)9-16/h5-6,11,13H,7-9,15H2,1-4H3. The van der Waals surface area contributed by atoms with Crippen molar-refractivity contribution in [3.05, 3.63) is 21.9 Å². The second-order valence-corrected chi connectivity index (χ2v) is 7.15. The van der Waals surface area contributed by atoms with E-state index in [1.54, 1.807) is 0 Å². The highest BCUT2D eigenvalue weighted by Crippen LogP contribution is 2.32. The molecule has 2 rings (SSSR count). The number of thiophene rings is 1. The fourth-order valence-corrected chi connectivity index (χ4v) is 3.80. The normalized spacial score (nSPS) is 23.8. The summed E-state index contributed by atoms with van der Waals surface area (Å²) in [6.07, 6.45) is 0. The van der Waals surface area contributed by atoms with Gasteiger partial charge in [0.25, 0.3) is 0 Å². The lowest BCUT2D eigenvalue weighted by molar-refractivity contribution is -0.0991. The van der Waals surface area contributed by atoms with Crippen molar-refractivity contribution in [3.8, 4) is 0 Å². The molecular weight excluding hydrogens is 244 g/mol. The highest BCUT2D eigenvalue weighted by atomic mass is 32.1. The van der Waals surface area contributed by atoms with Gasteiger partial charge in [-0.3, -0.25) is 4.90 Å². The van der Waals surface area contributed by atoms with E-state index in [9.17, 15) is 0 Å². The van der Waals surface area contributed by atoms with Crippen molar-refractivity contribution in [2.75, 3.05) is 19.7 Å². The van der Waals surface area contributed by atoms with E-state index in [0.717, 1.165) is 19.7 Å². The van der Waals surface area contributed by atoms with Gasteiger partial charge in [0.05, 0.1) is 18.2 Å². The molecule has 4 heteroatoms. The molecule has 0 amide bonds. The highest BCUT2D eigenvalue weighted by Gasteiger charge is 2.34. The lowest BCUT2D eigenvalue weighted by Crippen LogP contribution is -2.52. The zero-order valence-electron chi connectivity index (χ0n) is 11.8. The summed E-state index contributed by atoms with van der Waals surface area (Å²) < 4.78 is 5.79. The molecule has 1 aromatic rings. The molecule has 2 N–H and O–H groups in total. The molecular formula is C14H24N2OS. The third kappa shape index (κ3) is 3.12. The number of nitrogens with two attached hydrogens (primary N) is 1. The van der Waals surface area contributed by atoms with Gasteiger partial charge in [-0.05, 0) is 39.8 Å². The fourth-order valence-electron chi connectivity index (χ4n) is 2.67. The third-order valence-electron chi connectivity index (χ3n) is 3.40. The smallest absolute Gasteiger partial charge is 0.0753 e. The van der Waals surface area contributed by atoms with E-state index in [0.29, 0.717) is 6.04 Å². The van der Waals surface area contributed by atoms with Crippen LogP contribution < -0.4 is 5.73 Å². The van der Waals surface area contributed by atoms with Gasteiger partial charge in [0.15, 0.2) is 0 Å². The molecule has 1 aliphatic rings. The largest absolute Gasteiger partial charge is 0.373 e. The Hall–Kier alpha value is -0.420. The van der Waals surface area contributed by atoms with Gasteiger partial charge in [0.1, 0.15) is 0 Å². The van der Waals surface area contributed by atoms with Crippen LogP contribution in [-0.2, 0) is 4.74 Å². The SMILES string of the molecule is Cc1ccc(C(C(C)N)N2CCOC(C)(C)C2)s1. The summed E-state index contributed by atoms with van der Waals surface area (Å²) in [6.45, 7) is 11.2. The molecule has 0 radical (unpaired) electrons. The molecule has 1 aliphatic heterocycles. The molecule has 0 bridgehead atoms. The molecule has 0 aliphatic carbocycles. The minimum absolute atomic E-state index is 0.0717. The average molecular weight is 268 g/mol. The summed E-state index contributed by atoms with van der Waals surface area (Å²) in [6, 6.07) is 4.85. The first-order chi connectivity index (χ1) is 8.39. The molecule has 2 heterocycles. The van der Waals surface area contributed by atoms with Crippen molar-refractivity contribution >= 4 is 11.3 Å². The lowest BCUT2D eigenvalue weighted by Gasteiger charge is -2.43. The first kappa shape index (κ1) is 14.0. The van der Waals surface area contributed by atoms with Crippen molar-refractivity contribution in [2.24, 2.45) is 5.73 Å². The van der Waals surface area contributed by atoms with E-state index in [1.807, 2.05) is 11.3 Å². The van der Waals surface area contributed by atoms with Crippen LogP contribution in [0.5, 0.6) is 0 Å².